The molecule has 1 saturated heterocycles. The topological polar surface area (TPSA) is 95.6 Å². The van der Waals surface area contributed by atoms with Crippen LogP contribution in [0.1, 0.15) is 22.3 Å². The molecule has 1 unspecified atom stereocenters. The fourth-order valence-corrected chi connectivity index (χ4v) is 4.78. The van der Waals surface area contributed by atoms with Crippen molar-refractivity contribution in [2.75, 3.05) is 23.9 Å². The van der Waals surface area contributed by atoms with E-state index in [2.05, 4.69) is 10.6 Å². The van der Waals surface area contributed by atoms with E-state index in [0.717, 1.165) is 5.56 Å². The average molecular weight is 401 g/mol. The molecule has 1 atom stereocenters. The Morgan fingerprint density at radius 2 is 1.75 bits per heavy atom. The molecule has 1 fully saturated rings. The predicted molar refractivity (Wildman–Crippen MR) is 108 cm³/mol. The van der Waals surface area contributed by atoms with Crippen LogP contribution in [0.25, 0.3) is 0 Å². The molecule has 1 aliphatic heterocycles. The molecule has 2 aromatic carbocycles. The summed E-state index contributed by atoms with van der Waals surface area (Å²) in [6.45, 7) is 0.506. The Balaban J connectivity index is 1.54. The van der Waals surface area contributed by atoms with Gasteiger partial charge in [-0.05, 0) is 36.2 Å². The average Bonchev–Trinajstić information content (AvgIpc) is 3.00. The molecule has 7 nitrogen and oxygen atoms in total. The van der Waals surface area contributed by atoms with Crippen LogP contribution in [0.15, 0.2) is 54.6 Å². The number of hydrogen-bond donors (Lipinski definition) is 2. The number of carbonyl (C=O) groups excluding carboxylic acids is 2. The minimum Gasteiger partial charge on any atom is -0.337 e. The van der Waals surface area contributed by atoms with E-state index in [0.29, 0.717) is 24.2 Å². The van der Waals surface area contributed by atoms with E-state index in [1.807, 2.05) is 30.3 Å². The second-order valence-corrected chi connectivity index (χ2v) is 9.15. The molecular formula is C20H23N3O4S. The molecule has 0 bridgehead atoms. The van der Waals surface area contributed by atoms with Crippen LogP contribution < -0.4 is 10.6 Å². The SMILES string of the molecule is CN(Cc1ccccc1)C(=O)c1ccc(NC(=O)NC2CCS(=O)(=O)C2)cc1. The molecular weight excluding hydrogens is 378 g/mol. The Bertz CT molecular complexity index is 943. The van der Waals surface area contributed by atoms with Crippen molar-refractivity contribution in [3.63, 3.8) is 0 Å². The summed E-state index contributed by atoms with van der Waals surface area (Å²) in [7, 11) is -1.30. The first-order valence-electron chi connectivity index (χ1n) is 9.00. The van der Waals surface area contributed by atoms with Gasteiger partial charge in [-0.2, -0.15) is 0 Å². The minimum absolute atomic E-state index is 0.0262. The Labute approximate surface area is 164 Å². The molecule has 0 aromatic heterocycles. The van der Waals surface area contributed by atoms with Crippen LogP contribution in [-0.4, -0.2) is 49.9 Å². The Morgan fingerprint density at radius 1 is 1.07 bits per heavy atom. The maximum absolute atomic E-state index is 12.5. The van der Waals surface area contributed by atoms with Gasteiger partial charge in [-0.25, -0.2) is 13.2 Å². The molecule has 3 amide bonds. The van der Waals surface area contributed by atoms with Crippen molar-refractivity contribution in [2.45, 2.75) is 19.0 Å². The van der Waals surface area contributed by atoms with E-state index in [-0.39, 0.29) is 23.5 Å². The quantitative estimate of drug-likeness (QED) is 0.803. The monoisotopic (exact) mass is 401 g/mol. The highest BCUT2D eigenvalue weighted by atomic mass is 32.2. The summed E-state index contributed by atoms with van der Waals surface area (Å²) in [6, 6.07) is 15.5. The van der Waals surface area contributed by atoms with E-state index < -0.39 is 15.9 Å². The van der Waals surface area contributed by atoms with Crippen molar-refractivity contribution >= 4 is 27.5 Å². The Kier molecular flexibility index (Phi) is 5.99. The number of anilines is 1. The molecule has 2 N–H and O–H groups in total. The summed E-state index contributed by atoms with van der Waals surface area (Å²) >= 11 is 0. The number of rotatable bonds is 5. The van der Waals surface area contributed by atoms with Gasteiger partial charge in [0.15, 0.2) is 9.84 Å². The maximum Gasteiger partial charge on any atom is 0.319 e. The Morgan fingerprint density at radius 3 is 2.36 bits per heavy atom. The molecule has 1 heterocycles. The number of urea groups is 1. The van der Waals surface area contributed by atoms with Crippen LogP contribution in [0.2, 0.25) is 0 Å². The number of benzene rings is 2. The molecule has 0 saturated carbocycles. The van der Waals surface area contributed by atoms with Gasteiger partial charge in [0.05, 0.1) is 11.5 Å². The van der Waals surface area contributed by atoms with Gasteiger partial charge in [0, 0.05) is 30.9 Å². The molecule has 8 heteroatoms. The summed E-state index contributed by atoms with van der Waals surface area (Å²) < 4.78 is 22.9. The molecule has 2 aromatic rings. The van der Waals surface area contributed by atoms with E-state index >= 15 is 0 Å². The lowest BCUT2D eigenvalue weighted by Crippen LogP contribution is -2.38. The molecule has 0 spiro atoms. The van der Waals surface area contributed by atoms with E-state index in [9.17, 15) is 18.0 Å². The zero-order valence-electron chi connectivity index (χ0n) is 15.6. The van der Waals surface area contributed by atoms with Gasteiger partial charge in [-0.15, -0.1) is 0 Å². The summed E-state index contributed by atoms with van der Waals surface area (Å²) in [4.78, 5) is 26.2. The first-order chi connectivity index (χ1) is 13.3. The van der Waals surface area contributed by atoms with Crippen LogP contribution in [0.3, 0.4) is 0 Å². The summed E-state index contributed by atoms with van der Waals surface area (Å²) in [5, 5.41) is 5.32. The molecule has 148 valence electrons. The molecule has 0 aliphatic carbocycles. The van der Waals surface area contributed by atoms with E-state index in [1.165, 1.54) is 0 Å². The number of amides is 3. The third-order valence-electron chi connectivity index (χ3n) is 4.57. The summed E-state index contributed by atoms with van der Waals surface area (Å²) in [5.41, 5.74) is 2.09. The van der Waals surface area contributed by atoms with Gasteiger partial charge in [0.25, 0.3) is 5.91 Å². The van der Waals surface area contributed by atoms with Crippen molar-refractivity contribution in [1.82, 2.24) is 10.2 Å². The second kappa shape index (κ2) is 8.43. The van der Waals surface area contributed by atoms with Gasteiger partial charge in [-0.3, -0.25) is 4.79 Å². The molecule has 0 radical (unpaired) electrons. The highest BCUT2D eigenvalue weighted by Gasteiger charge is 2.28. The van der Waals surface area contributed by atoms with E-state index in [4.69, 9.17) is 0 Å². The fraction of sp³-hybridized carbons (Fsp3) is 0.300. The standard InChI is InChI=1S/C20H23N3O4S/c1-23(13-15-5-3-2-4-6-15)19(24)16-7-9-17(10-8-16)21-20(25)22-18-11-12-28(26,27)14-18/h2-10,18H,11-14H2,1H3,(H2,21,22,25). The third-order valence-corrected chi connectivity index (χ3v) is 6.33. The van der Waals surface area contributed by atoms with Crippen LogP contribution in [-0.2, 0) is 16.4 Å². The van der Waals surface area contributed by atoms with Gasteiger partial charge < -0.3 is 15.5 Å². The second-order valence-electron chi connectivity index (χ2n) is 6.92. The number of hydrogen-bond acceptors (Lipinski definition) is 4. The molecule has 28 heavy (non-hydrogen) atoms. The summed E-state index contributed by atoms with van der Waals surface area (Å²) in [6.07, 6.45) is 0.428. The van der Waals surface area contributed by atoms with Gasteiger partial charge in [0.2, 0.25) is 0 Å². The zero-order chi connectivity index (χ0) is 20.1. The highest BCUT2D eigenvalue weighted by Crippen LogP contribution is 2.14. The lowest BCUT2D eigenvalue weighted by Gasteiger charge is -2.17. The van der Waals surface area contributed by atoms with Gasteiger partial charge in [0.1, 0.15) is 0 Å². The Hall–Kier alpha value is -2.87. The first kappa shape index (κ1) is 19.9. The minimum atomic E-state index is -3.04. The lowest BCUT2D eigenvalue weighted by molar-refractivity contribution is 0.0785. The van der Waals surface area contributed by atoms with Crippen molar-refractivity contribution in [3.05, 3.63) is 65.7 Å². The van der Waals surface area contributed by atoms with E-state index in [1.54, 1.807) is 36.2 Å². The largest absolute Gasteiger partial charge is 0.337 e. The van der Waals surface area contributed by atoms with Crippen LogP contribution in [0.4, 0.5) is 10.5 Å². The van der Waals surface area contributed by atoms with Gasteiger partial charge in [-0.1, -0.05) is 30.3 Å². The number of nitrogens with zero attached hydrogens (tertiary/aromatic N) is 1. The molecule has 3 rings (SSSR count). The predicted octanol–water partition coefficient (Wildman–Crippen LogP) is 2.27. The van der Waals surface area contributed by atoms with Crippen molar-refractivity contribution < 1.29 is 18.0 Å². The normalized spacial score (nSPS) is 17.7. The highest BCUT2D eigenvalue weighted by molar-refractivity contribution is 7.91. The van der Waals surface area contributed by atoms with Crippen molar-refractivity contribution in [2.24, 2.45) is 0 Å². The first-order valence-corrected chi connectivity index (χ1v) is 10.8. The third kappa shape index (κ3) is 5.32. The fourth-order valence-electron chi connectivity index (χ4n) is 3.11. The zero-order valence-corrected chi connectivity index (χ0v) is 16.4. The van der Waals surface area contributed by atoms with Gasteiger partial charge >= 0.3 is 6.03 Å². The molecule has 1 aliphatic rings. The van der Waals surface area contributed by atoms with Crippen LogP contribution in [0.5, 0.6) is 0 Å². The number of carbonyl (C=O) groups is 2. The summed E-state index contributed by atoms with van der Waals surface area (Å²) in [5.74, 6) is -0.0385. The van der Waals surface area contributed by atoms with Crippen LogP contribution in [0, 0.1) is 0 Å². The number of sulfone groups is 1. The smallest absolute Gasteiger partial charge is 0.319 e. The number of nitrogens with one attached hydrogen (secondary N) is 2. The maximum atomic E-state index is 12.5. The lowest BCUT2D eigenvalue weighted by atomic mass is 10.1. The van der Waals surface area contributed by atoms with Crippen molar-refractivity contribution in [1.29, 1.82) is 0 Å². The van der Waals surface area contributed by atoms with Crippen LogP contribution >= 0.6 is 0 Å². The van der Waals surface area contributed by atoms with Crippen molar-refractivity contribution in [3.8, 4) is 0 Å².